The Balaban J connectivity index is 1.91. The van der Waals surface area contributed by atoms with Crippen molar-refractivity contribution in [2.75, 3.05) is 0 Å². The van der Waals surface area contributed by atoms with E-state index in [9.17, 15) is 4.57 Å². The van der Waals surface area contributed by atoms with Gasteiger partial charge in [-0.1, -0.05) is 78.3 Å². The quantitative estimate of drug-likeness (QED) is 0.451. The standard InChI is InChI=1S/C26H37O3P/c1-19(2)24-17-12-20(3)18-25(24)29-30(27,23-10-8-7-9-11-23)28-22-15-13-21(14-16-22)26(4,5)6/h7-11,13-16,19-20,24-25H,12,17-18H2,1-6H3/t20-,24+,25-,30+/m1/s1. The fourth-order valence-corrected chi connectivity index (χ4v) is 6.12. The molecule has 0 bridgehead atoms. The Morgan fingerprint density at radius 3 is 2.17 bits per heavy atom. The fourth-order valence-electron chi connectivity index (χ4n) is 4.31. The molecule has 1 saturated carbocycles. The highest BCUT2D eigenvalue weighted by molar-refractivity contribution is 7.62. The minimum Gasteiger partial charge on any atom is -0.421 e. The van der Waals surface area contributed by atoms with Crippen molar-refractivity contribution in [1.82, 2.24) is 0 Å². The van der Waals surface area contributed by atoms with Gasteiger partial charge in [0.2, 0.25) is 0 Å². The molecule has 3 rings (SSSR count). The van der Waals surface area contributed by atoms with E-state index >= 15 is 0 Å². The van der Waals surface area contributed by atoms with Crippen LogP contribution in [0.1, 0.15) is 66.4 Å². The summed E-state index contributed by atoms with van der Waals surface area (Å²) in [5.41, 5.74) is 1.27. The largest absolute Gasteiger partial charge is 0.421 e. The third kappa shape index (κ3) is 5.56. The molecule has 0 N–H and O–H groups in total. The monoisotopic (exact) mass is 428 g/mol. The van der Waals surface area contributed by atoms with Crippen LogP contribution >= 0.6 is 7.60 Å². The van der Waals surface area contributed by atoms with Crippen LogP contribution in [0.2, 0.25) is 0 Å². The molecule has 1 aliphatic rings. The first kappa shape index (κ1) is 23.1. The maximum absolute atomic E-state index is 14.2. The van der Waals surface area contributed by atoms with Crippen LogP contribution in [0.4, 0.5) is 0 Å². The normalized spacial score (nSPS) is 24.4. The SMILES string of the molecule is CC(C)[C@@H]1CC[C@@H](C)C[C@H]1O[P@@](=O)(Oc1ccc(C(C)(C)C)cc1)c1ccccc1. The van der Waals surface area contributed by atoms with Crippen molar-refractivity contribution in [1.29, 1.82) is 0 Å². The van der Waals surface area contributed by atoms with Gasteiger partial charge in [0, 0.05) is 0 Å². The molecule has 2 aromatic rings. The molecule has 4 heteroatoms. The van der Waals surface area contributed by atoms with E-state index < -0.39 is 7.60 Å². The molecule has 30 heavy (non-hydrogen) atoms. The van der Waals surface area contributed by atoms with Crippen molar-refractivity contribution in [3.8, 4) is 5.75 Å². The summed E-state index contributed by atoms with van der Waals surface area (Å²) < 4.78 is 26.8. The summed E-state index contributed by atoms with van der Waals surface area (Å²) in [5.74, 6) is 2.03. The van der Waals surface area contributed by atoms with Crippen LogP contribution in [0, 0.1) is 17.8 Å². The minimum absolute atomic E-state index is 0.0564. The van der Waals surface area contributed by atoms with Crippen molar-refractivity contribution in [3.05, 3.63) is 60.2 Å². The van der Waals surface area contributed by atoms with E-state index in [-0.39, 0.29) is 11.5 Å². The van der Waals surface area contributed by atoms with Crippen LogP contribution in [-0.2, 0) is 14.5 Å². The Hall–Kier alpha value is -1.57. The van der Waals surface area contributed by atoms with Gasteiger partial charge in [0.1, 0.15) is 5.75 Å². The topological polar surface area (TPSA) is 35.5 Å². The van der Waals surface area contributed by atoms with Gasteiger partial charge in [-0.3, -0.25) is 4.52 Å². The van der Waals surface area contributed by atoms with Crippen molar-refractivity contribution in [2.45, 2.75) is 72.3 Å². The first-order valence-electron chi connectivity index (χ1n) is 11.2. The van der Waals surface area contributed by atoms with Gasteiger partial charge in [-0.15, -0.1) is 0 Å². The van der Waals surface area contributed by atoms with Crippen LogP contribution in [0.5, 0.6) is 5.75 Å². The number of hydrogen-bond acceptors (Lipinski definition) is 3. The van der Waals surface area contributed by atoms with Gasteiger partial charge >= 0.3 is 7.60 Å². The minimum atomic E-state index is -3.52. The molecule has 0 unspecified atom stereocenters. The highest BCUT2D eigenvalue weighted by atomic mass is 31.2. The summed E-state index contributed by atoms with van der Waals surface area (Å²) in [7, 11) is -3.52. The molecule has 1 fully saturated rings. The Bertz CT molecular complexity index is 852. The second-order valence-corrected chi connectivity index (χ2v) is 12.1. The van der Waals surface area contributed by atoms with Crippen molar-refractivity contribution in [3.63, 3.8) is 0 Å². The highest BCUT2D eigenvalue weighted by Gasteiger charge is 2.39. The number of hydrogen-bond donors (Lipinski definition) is 0. The molecule has 3 nitrogen and oxygen atoms in total. The lowest BCUT2D eigenvalue weighted by Crippen LogP contribution is -2.35. The summed E-state index contributed by atoms with van der Waals surface area (Å²) in [5, 5.41) is 0.616. The van der Waals surface area contributed by atoms with Crippen LogP contribution in [-0.4, -0.2) is 6.10 Å². The molecular weight excluding hydrogens is 391 g/mol. The summed E-state index contributed by atoms with van der Waals surface area (Å²) in [6.45, 7) is 13.3. The number of rotatable bonds is 6. The van der Waals surface area contributed by atoms with E-state index in [2.05, 4.69) is 41.5 Å². The molecule has 4 atom stereocenters. The van der Waals surface area contributed by atoms with Gasteiger partial charge in [0.05, 0.1) is 11.4 Å². The average molecular weight is 429 g/mol. The van der Waals surface area contributed by atoms with Gasteiger partial charge in [0.15, 0.2) is 0 Å². The molecule has 0 aromatic heterocycles. The molecule has 0 heterocycles. The van der Waals surface area contributed by atoms with Gasteiger partial charge in [-0.25, -0.2) is 4.57 Å². The first-order valence-corrected chi connectivity index (χ1v) is 12.8. The summed E-state index contributed by atoms with van der Waals surface area (Å²) in [6, 6.07) is 17.3. The summed E-state index contributed by atoms with van der Waals surface area (Å²) >= 11 is 0. The van der Waals surface area contributed by atoms with E-state index in [4.69, 9.17) is 9.05 Å². The van der Waals surface area contributed by atoms with Gasteiger partial charge in [-0.2, -0.15) is 0 Å². The fraction of sp³-hybridized carbons (Fsp3) is 0.538. The van der Waals surface area contributed by atoms with Crippen LogP contribution < -0.4 is 9.83 Å². The van der Waals surface area contributed by atoms with E-state index in [1.165, 1.54) is 12.0 Å². The molecule has 0 radical (unpaired) electrons. The Morgan fingerprint density at radius 2 is 1.60 bits per heavy atom. The van der Waals surface area contributed by atoms with Crippen LogP contribution in [0.3, 0.4) is 0 Å². The average Bonchev–Trinajstić information content (AvgIpc) is 2.68. The number of benzene rings is 2. The summed E-state index contributed by atoms with van der Waals surface area (Å²) in [6.07, 6.45) is 3.17. The predicted octanol–water partition coefficient (Wildman–Crippen LogP) is 7.36. The first-order chi connectivity index (χ1) is 14.1. The van der Waals surface area contributed by atoms with Gasteiger partial charge in [-0.05, 0) is 65.8 Å². The molecule has 0 saturated heterocycles. The Labute approximate surface area is 182 Å². The second kappa shape index (κ2) is 9.28. The highest BCUT2D eigenvalue weighted by Crippen LogP contribution is 2.52. The molecule has 164 valence electrons. The third-order valence-electron chi connectivity index (χ3n) is 6.25. The lowest BCUT2D eigenvalue weighted by Gasteiger charge is -2.38. The third-order valence-corrected chi connectivity index (χ3v) is 8.18. The maximum atomic E-state index is 14.2. The van der Waals surface area contributed by atoms with Crippen molar-refractivity contribution in [2.24, 2.45) is 17.8 Å². The second-order valence-electron chi connectivity index (χ2n) is 10.2. The smallest absolute Gasteiger partial charge is 0.411 e. The Morgan fingerprint density at radius 1 is 0.967 bits per heavy atom. The zero-order valence-electron chi connectivity index (χ0n) is 19.3. The van der Waals surface area contributed by atoms with Crippen LogP contribution in [0.15, 0.2) is 54.6 Å². The van der Waals surface area contributed by atoms with E-state index in [1.54, 1.807) is 0 Å². The lowest BCUT2D eigenvalue weighted by molar-refractivity contribution is 0.0414. The zero-order valence-corrected chi connectivity index (χ0v) is 20.2. The lowest BCUT2D eigenvalue weighted by atomic mass is 9.75. The summed E-state index contributed by atoms with van der Waals surface area (Å²) in [4.78, 5) is 0. The van der Waals surface area contributed by atoms with E-state index in [0.717, 1.165) is 12.8 Å². The molecule has 1 aliphatic carbocycles. The predicted molar refractivity (Wildman–Crippen MR) is 126 cm³/mol. The van der Waals surface area contributed by atoms with Crippen molar-refractivity contribution >= 4 is 12.9 Å². The Kier molecular flexibility index (Phi) is 7.15. The zero-order chi connectivity index (χ0) is 21.9. The molecule has 0 amide bonds. The van der Waals surface area contributed by atoms with Crippen LogP contribution in [0.25, 0.3) is 0 Å². The van der Waals surface area contributed by atoms with Gasteiger partial charge < -0.3 is 4.52 Å². The molecule has 0 spiro atoms. The molecule has 2 aromatic carbocycles. The van der Waals surface area contributed by atoms with Gasteiger partial charge in [0.25, 0.3) is 0 Å². The molecular formula is C26H37O3P. The van der Waals surface area contributed by atoms with Crippen molar-refractivity contribution < 1.29 is 13.6 Å². The molecule has 0 aliphatic heterocycles. The van der Waals surface area contributed by atoms with E-state index in [0.29, 0.717) is 28.8 Å². The maximum Gasteiger partial charge on any atom is 0.411 e. The van der Waals surface area contributed by atoms with E-state index in [1.807, 2.05) is 54.6 Å².